The monoisotopic (exact) mass is 316 g/mol. The molecule has 0 spiro atoms. The van der Waals surface area contributed by atoms with Crippen LogP contribution in [0.3, 0.4) is 0 Å². The highest BCUT2D eigenvalue weighted by Gasteiger charge is 2.10. The minimum Gasteiger partial charge on any atom is -0.389 e. The molecule has 0 aliphatic heterocycles. The van der Waals surface area contributed by atoms with E-state index in [1.807, 2.05) is 22.1 Å². The van der Waals surface area contributed by atoms with Crippen molar-refractivity contribution in [2.45, 2.75) is 33.1 Å². The van der Waals surface area contributed by atoms with Crippen LogP contribution in [0.25, 0.3) is 11.0 Å². The molecule has 3 aromatic rings. The molecule has 0 amide bonds. The summed E-state index contributed by atoms with van der Waals surface area (Å²) in [5.74, 6) is 0. The second-order valence-electron chi connectivity index (χ2n) is 5.57. The molecule has 0 radical (unpaired) electrons. The van der Waals surface area contributed by atoms with Gasteiger partial charge < -0.3 is 14.4 Å². The molecule has 0 aliphatic carbocycles. The quantitative estimate of drug-likeness (QED) is 0.759. The lowest BCUT2D eigenvalue weighted by atomic mass is 10.1. The Morgan fingerprint density at radius 1 is 1.32 bits per heavy atom. The van der Waals surface area contributed by atoms with Crippen molar-refractivity contribution in [3.8, 4) is 0 Å². The van der Waals surface area contributed by atoms with Gasteiger partial charge in [0.15, 0.2) is 0 Å². The maximum atomic E-state index is 10.2. The first-order valence-corrected chi connectivity index (χ1v) is 8.21. The maximum Gasteiger partial charge on any atom is 0.0959 e. The van der Waals surface area contributed by atoms with E-state index >= 15 is 0 Å². The molecule has 2 aromatic heterocycles. The summed E-state index contributed by atoms with van der Waals surface area (Å²) in [6.45, 7) is 5.54. The predicted molar refractivity (Wildman–Crippen MR) is 89.2 cm³/mol. The molecule has 1 aromatic carbocycles. The van der Waals surface area contributed by atoms with E-state index in [4.69, 9.17) is 4.74 Å². The first kappa shape index (κ1) is 15.2. The van der Waals surface area contributed by atoms with Gasteiger partial charge in [0.1, 0.15) is 0 Å². The lowest BCUT2D eigenvalue weighted by Gasteiger charge is -2.13. The first-order valence-electron chi connectivity index (χ1n) is 7.34. The van der Waals surface area contributed by atoms with Crippen LogP contribution in [0.1, 0.15) is 16.0 Å². The summed E-state index contributed by atoms with van der Waals surface area (Å²) in [6.07, 6.45) is 1.24. The van der Waals surface area contributed by atoms with E-state index in [9.17, 15) is 5.11 Å². The Morgan fingerprint density at radius 3 is 2.91 bits per heavy atom. The second kappa shape index (κ2) is 6.60. The van der Waals surface area contributed by atoms with Crippen molar-refractivity contribution in [1.82, 2.24) is 9.55 Å². The number of nitrogens with zero attached hydrogens (tertiary/aromatic N) is 2. The van der Waals surface area contributed by atoms with Crippen molar-refractivity contribution in [2.24, 2.45) is 0 Å². The number of benzene rings is 1. The summed E-state index contributed by atoms with van der Waals surface area (Å²) in [5, 5.41) is 12.2. The van der Waals surface area contributed by atoms with E-state index in [2.05, 4.69) is 31.0 Å². The van der Waals surface area contributed by atoms with Crippen LogP contribution >= 0.6 is 11.3 Å². The molecule has 116 valence electrons. The molecular weight excluding hydrogens is 296 g/mol. The Hall–Kier alpha value is -1.69. The molecule has 1 atom stereocenters. The molecule has 0 fully saturated rings. The zero-order valence-corrected chi connectivity index (χ0v) is 13.6. The predicted octanol–water partition coefficient (Wildman–Crippen LogP) is 3.29. The van der Waals surface area contributed by atoms with Gasteiger partial charge in [-0.05, 0) is 48.6 Å². The third-order valence-corrected chi connectivity index (χ3v) is 4.63. The van der Waals surface area contributed by atoms with Crippen LogP contribution in [-0.2, 0) is 17.9 Å². The third-order valence-electron chi connectivity index (χ3n) is 3.78. The summed E-state index contributed by atoms with van der Waals surface area (Å²) in [6, 6.07) is 8.24. The Labute approximate surface area is 134 Å². The molecule has 0 aliphatic rings. The minimum absolute atomic E-state index is 0.322. The normalized spacial score (nSPS) is 12.9. The summed E-state index contributed by atoms with van der Waals surface area (Å²) in [5.41, 5.74) is 4.49. The maximum absolute atomic E-state index is 10.2. The Morgan fingerprint density at radius 2 is 2.14 bits per heavy atom. The third kappa shape index (κ3) is 3.38. The minimum atomic E-state index is -0.543. The molecule has 0 unspecified atom stereocenters. The van der Waals surface area contributed by atoms with Gasteiger partial charge in [0, 0.05) is 4.88 Å². The number of ether oxygens (including phenoxy) is 1. The van der Waals surface area contributed by atoms with E-state index in [-0.39, 0.29) is 0 Å². The molecule has 22 heavy (non-hydrogen) atoms. The van der Waals surface area contributed by atoms with Crippen molar-refractivity contribution in [3.05, 3.63) is 52.0 Å². The van der Waals surface area contributed by atoms with Crippen LogP contribution in [0.2, 0.25) is 0 Å². The van der Waals surface area contributed by atoms with Crippen molar-refractivity contribution in [2.75, 3.05) is 6.61 Å². The average Bonchev–Trinajstić information content (AvgIpc) is 3.11. The molecule has 0 bridgehead atoms. The average molecular weight is 316 g/mol. The smallest absolute Gasteiger partial charge is 0.0959 e. The number of fused-ring (bicyclic) bond motifs is 1. The Kier molecular flexibility index (Phi) is 4.57. The summed E-state index contributed by atoms with van der Waals surface area (Å²) >= 11 is 1.66. The number of hydrogen-bond donors (Lipinski definition) is 1. The van der Waals surface area contributed by atoms with Gasteiger partial charge in [-0.25, -0.2) is 4.98 Å². The van der Waals surface area contributed by atoms with Crippen LogP contribution in [0.4, 0.5) is 0 Å². The number of aliphatic hydroxyl groups is 1. The summed E-state index contributed by atoms with van der Waals surface area (Å²) < 4.78 is 7.56. The molecule has 0 saturated carbocycles. The lowest BCUT2D eigenvalue weighted by molar-refractivity contribution is 0.0218. The molecule has 0 saturated heterocycles. The zero-order chi connectivity index (χ0) is 15.5. The van der Waals surface area contributed by atoms with E-state index in [1.54, 1.807) is 17.7 Å². The van der Waals surface area contributed by atoms with Gasteiger partial charge in [0.25, 0.3) is 0 Å². The number of thiophene rings is 1. The van der Waals surface area contributed by atoms with Crippen LogP contribution in [0.15, 0.2) is 36.0 Å². The Balaban J connectivity index is 1.61. The van der Waals surface area contributed by atoms with Gasteiger partial charge in [-0.1, -0.05) is 6.07 Å². The Bertz CT molecular complexity index is 749. The largest absolute Gasteiger partial charge is 0.389 e. The molecule has 4 nitrogen and oxygen atoms in total. The number of aliphatic hydroxyl groups excluding tert-OH is 1. The number of imidazole rings is 1. The van der Waals surface area contributed by atoms with Crippen molar-refractivity contribution >= 4 is 22.4 Å². The fourth-order valence-corrected chi connectivity index (χ4v) is 3.07. The van der Waals surface area contributed by atoms with Gasteiger partial charge in [0.2, 0.25) is 0 Å². The highest BCUT2D eigenvalue weighted by molar-refractivity contribution is 7.09. The highest BCUT2D eigenvalue weighted by atomic mass is 32.1. The van der Waals surface area contributed by atoms with Crippen molar-refractivity contribution in [1.29, 1.82) is 0 Å². The van der Waals surface area contributed by atoms with Crippen LogP contribution in [0.5, 0.6) is 0 Å². The summed E-state index contributed by atoms with van der Waals surface area (Å²) in [4.78, 5) is 5.58. The number of hydrogen-bond acceptors (Lipinski definition) is 4. The van der Waals surface area contributed by atoms with Crippen LogP contribution in [0, 0.1) is 13.8 Å². The van der Waals surface area contributed by atoms with Gasteiger partial charge in [-0.2, -0.15) is 0 Å². The fourth-order valence-electron chi connectivity index (χ4n) is 2.43. The van der Waals surface area contributed by atoms with E-state index in [0.29, 0.717) is 19.8 Å². The van der Waals surface area contributed by atoms with Crippen LogP contribution < -0.4 is 0 Å². The first-order chi connectivity index (χ1) is 10.6. The number of rotatable bonds is 6. The van der Waals surface area contributed by atoms with Gasteiger partial charge in [-0.3, -0.25) is 0 Å². The van der Waals surface area contributed by atoms with E-state index in [1.165, 1.54) is 16.0 Å². The van der Waals surface area contributed by atoms with E-state index in [0.717, 1.165) is 11.0 Å². The van der Waals surface area contributed by atoms with Gasteiger partial charge >= 0.3 is 0 Å². The van der Waals surface area contributed by atoms with E-state index < -0.39 is 6.10 Å². The van der Waals surface area contributed by atoms with Crippen LogP contribution in [-0.4, -0.2) is 27.4 Å². The van der Waals surface area contributed by atoms with Gasteiger partial charge in [-0.15, -0.1) is 11.3 Å². The SMILES string of the molecule is Cc1cc2ncn(C[C@H](O)COCc3cccs3)c2cc1C. The molecular formula is C17H20N2O2S. The molecule has 5 heteroatoms. The number of aryl methyl sites for hydroxylation is 2. The molecule has 1 N–H and O–H groups in total. The lowest BCUT2D eigenvalue weighted by Crippen LogP contribution is -2.21. The topological polar surface area (TPSA) is 47.3 Å². The van der Waals surface area contributed by atoms with Gasteiger partial charge in [0.05, 0.1) is 43.2 Å². The summed E-state index contributed by atoms with van der Waals surface area (Å²) in [7, 11) is 0. The second-order valence-corrected chi connectivity index (χ2v) is 6.60. The zero-order valence-electron chi connectivity index (χ0n) is 12.8. The standard InChI is InChI=1S/C17H20N2O2S/c1-12-6-16-17(7-13(12)2)19(11-18-16)8-14(20)9-21-10-15-4-3-5-22-15/h3-7,11,14,20H,8-10H2,1-2H3/t14-/m0/s1. The number of aromatic nitrogens is 2. The van der Waals surface area contributed by atoms with Crippen molar-refractivity contribution in [3.63, 3.8) is 0 Å². The van der Waals surface area contributed by atoms with Crippen molar-refractivity contribution < 1.29 is 9.84 Å². The molecule has 2 heterocycles. The highest BCUT2D eigenvalue weighted by Crippen LogP contribution is 2.18. The molecule has 3 rings (SSSR count). The fraction of sp³-hybridized carbons (Fsp3) is 0.353.